The molecule has 2 aromatic carbocycles. The minimum absolute atomic E-state index is 0.0281. The molecule has 236 valence electrons. The molecular weight excluding hydrogens is 574 g/mol. The van der Waals surface area contributed by atoms with Gasteiger partial charge in [0.25, 0.3) is 0 Å². The smallest absolute Gasteiger partial charge is 0.407 e. The Morgan fingerprint density at radius 2 is 1.86 bits per heavy atom. The number of rotatable bonds is 12. The molecule has 3 unspecified atom stereocenters. The van der Waals surface area contributed by atoms with Crippen molar-refractivity contribution in [2.75, 3.05) is 40.0 Å². The fourth-order valence-electron chi connectivity index (χ4n) is 6.13. The van der Waals surface area contributed by atoms with Gasteiger partial charge in [0, 0.05) is 31.7 Å². The van der Waals surface area contributed by atoms with Crippen LogP contribution in [-0.4, -0.2) is 105 Å². The Labute approximate surface area is 254 Å². The summed E-state index contributed by atoms with van der Waals surface area (Å²) in [6, 6.07) is 14.8. The number of hydrogen-bond acceptors (Lipinski definition) is 9. The zero-order chi connectivity index (χ0) is 30.6. The summed E-state index contributed by atoms with van der Waals surface area (Å²) >= 11 is 0. The van der Waals surface area contributed by atoms with Crippen molar-refractivity contribution >= 4 is 16.1 Å². The average molecular weight is 618 g/mol. The van der Waals surface area contributed by atoms with Crippen LogP contribution in [0.1, 0.15) is 32.3 Å². The normalized spacial score (nSPS) is 25.5. The number of nitrogens with zero attached hydrogens (tertiary/aromatic N) is 2. The molecule has 3 fully saturated rings. The van der Waals surface area contributed by atoms with Gasteiger partial charge in [-0.25, -0.2) is 13.2 Å². The predicted molar refractivity (Wildman–Crippen MR) is 159 cm³/mol. The molecular formula is C31H43N3O8S. The maximum absolute atomic E-state index is 14.1. The van der Waals surface area contributed by atoms with Crippen molar-refractivity contribution in [3.05, 3.63) is 60.2 Å². The predicted octanol–water partition coefficient (Wildman–Crippen LogP) is 2.63. The van der Waals surface area contributed by atoms with E-state index in [0.717, 1.165) is 18.5 Å². The average Bonchev–Trinajstić information content (AvgIpc) is 3.75. The highest BCUT2D eigenvalue weighted by molar-refractivity contribution is 7.89. The second-order valence-electron chi connectivity index (χ2n) is 11.8. The fourth-order valence-corrected chi connectivity index (χ4v) is 7.80. The van der Waals surface area contributed by atoms with Crippen LogP contribution in [-0.2, 0) is 30.7 Å². The lowest BCUT2D eigenvalue weighted by atomic mass is 10.0. The van der Waals surface area contributed by atoms with Gasteiger partial charge in [-0.15, -0.1) is 0 Å². The van der Waals surface area contributed by atoms with Gasteiger partial charge in [0.15, 0.2) is 6.29 Å². The van der Waals surface area contributed by atoms with E-state index in [1.165, 1.54) is 23.5 Å². The first-order valence-corrected chi connectivity index (χ1v) is 16.4. The monoisotopic (exact) mass is 617 g/mol. The van der Waals surface area contributed by atoms with Crippen LogP contribution in [0.3, 0.4) is 0 Å². The topological polar surface area (TPSA) is 127 Å². The van der Waals surface area contributed by atoms with E-state index < -0.39 is 34.4 Å². The number of carbonyl (C=O) groups excluding carboxylic acids is 1. The molecule has 6 atom stereocenters. The number of aliphatic hydroxyl groups is 1. The number of carbonyl (C=O) groups is 1. The number of sulfonamides is 1. The molecule has 43 heavy (non-hydrogen) atoms. The Hall–Kier alpha value is -2.74. The Morgan fingerprint density at radius 1 is 1.12 bits per heavy atom. The van der Waals surface area contributed by atoms with Crippen LogP contribution in [0.2, 0.25) is 0 Å². The van der Waals surface area contributed by atoms with Crippen LogP contribution in [0, 0.1) is 5.92 Å². The van der Waals surface area contributed by atoms with E-state index in [1.54, 1.807) is 12.1 Å². The molecule has 0 spiro atoms. The number of likely N-dealkylation sites (tertiary alicyclic amines) is 1. The zero-order valence-corrected chi connectivity index (χ0v) is 25.8. The summed E-state index contributed by atoms with van der Waals surface area (Å²) < 4.78 is 51.7. The summed E-state index contributed by atoms with van der Waals surface area (Å²) in [4.78, 5) is 15.5. The molecule has 3 saturated heterocycles. The lowest BCUT2D eigenvalue weighted by Crippen LogP contribution is -2.53. The van der Waals surface area contributed by atoms with Gasteiger partial charge < -0.3 is 29.4 Å². The lowest BCUT2D eigenvalue weighted by Gasteiger charge is -2.33. The van der Waals surface area contributed by atoms with Crippen molar-refractivity contribution in [2.24, 2.45) is 5.92 Å². The number of alkyl carbamates (subject to hydrolysis) is 1. The first-order chi connectivity index (χ1) is 20.7. The Balaban J connectivity index is 1.37. The lowest BCUT2D eigenvalue weighted by molar-refractivity contribution is -0.0907. The molecule has 12 heteroatoms. The molecule has 0 radical (unpaired) electrons. The third-order valence-electron chi connectivity index (χ3n) is 8.68. The van der Waals surface area contributed by atoms with Crippen LogP contribution in [0.4, 0.5) is 4.79 Å². The van der Waals surface area contributed by atoms with Crippen molar-refractivity contribution in [2.45, 2.75) is 74.6 Å². The minimum atomic E-state index is -4.00. The molecule has 0 aromatic heterocycles. The molecule has 11 nitrogen and oxygen atoms in total. The van der Waals surface area contributed by atoms with Gasteiger partial charge in [-0.1, -0.05) is 30.3 Å². The summed E-state index contributed by atoms with van der Waals surface area (Å²) in [6.45, 7) is 6.07. The van der Waals surface area contributed by atoms with Crippen molar-refractivity contribution < 1.29 is 37.3 Å². The number of methoxy groups -OCH3 is 1. The highest BCUT2D eigenvalue weighted by Gasteiger charge is 2.44. The van der Waals surface area contributed by atoms with E-state index in [0.29, 0.717) is 25.3 Å². The van der Waals surface area contributed by atoms with Gasteiger partial charge in [0.05, 0.1) is 43.3 Å². The highest BCUT2D eigenvalue weighted by Crippen LogP contribution is 2.33. The number of nitrogens with one attached hydrogen (secondary N) is 1. The molecule has 5 rings (SSSR count). The number of aliphatic hydroxyl groups excluding tert-OH is 1. The molecule has 2 N–H and O–H groups in total. The number of fused-ring (bicyclic) bond motifs is 1. The van der Waals surface area contributed by atoms with E-state index in [9.17, 15) is 18.3 Å². The molecule has 0 saturated carbocycles. The second-order valence-corrected chi connectivity index (χ2v) is 13.6. The number of amides is 1. The molecule has 1 amide bonds. The fraction of sp³-hybridized carbons (Fsp3) is 0.581. The minimum Gasteiger partial charge on any atom is -0.497 e. The van der Waals surface area contributed by atoms with Gasteiger partial charge in [-0.3, -0.25) is 4.90 Å². The molecule has 0 bridgehead atoms. The first kappa shape index (κ1) is 31.7. The maximum atomic E-state index is 14.1. The molecule has 3 aliphatic heterocycles. The van der Waals surface area contributed by atoms with Gasteiger partial charge in [-0.05, 0) is 62.9 Å². The highest BCUT2D eigenvalue weighted by atomic mass is 32.2. The first-order valence-electron chi connectivity index (χ1n) is 15.0. The van der Waals surface area contributed by atoms with E-state index in [2.05, 4.69) is 24.1 Å². The van der Waals surface area contributed by atoms with Gasteiger partial charge in [0.2, 0.25) is 10.0 Å². The summed E-state index contributed by atoms with van der Waals surface area (Å²) in [7, 11) is -2.48. The second kappa shape index (κ2) is 13.9. The maximum Gasteiger partial charge on any atom is 0.407 e. The van der Waals surface area contributed by atoms with Crippen molar-refractivity contribution in [1.29, 1.82) is 0 Å². The van der Waals surface area contributed by atoms with Crippen LogP contribution < -0.4 is 10.1 Å². The third kappa shape index (κ3) is 7.50. The van der Waals surface area contributed by atoms with E-state index in [-0.39, 0.29) is 48.8 Å². The van der Waals surface area contributed by atoms with Gasteiger partial charge in [0.1, 0.15) is 11.9 Å². The van der Waals surface area contributed by atoms with Gasteiger partial charge >= 0.3 is 6.09 Å². The van der Waals surface area contributed by atoms with Crippen molar-refractivity contribution in [1.82, 2.24) is 14.5 Å². The zero-order valence-electron chi connectivity index (χ0n) is 25.0. The SMILES string of the molecule is COc1ccc(S(=O)(=O)N(C[C@@H](O)[C@H](Cc2ccccc2)NC(=O)OC2CO[C@H]3OCCC23)C2CCN(C(C)C)C2)cc1. The summed E-state index contributed by atoms with van der Waals surface area (Å²) in [6.07, 6.45) is -1.07. The third-order valence-corrected chi connectivity index (χ3v) is 10.6. The van der Waals surface area contributed by atoms with Gasteiger partial charge in [-0.2, -0.15) is 4.31 Å². The standard InChI is InChI=1S/C31H43N3O8S/c1-21(2)33-15-13-23(18-33)34(43(37,38)25-11-9-24(39-3)10-12-25)19-28(35)27(17-22-7-5-4-6-8-22)32-31(36)42-29-20-41-30-26(29)14-16-40-30/h4-12,21,23,26-30,35H,13-20H2,1-3H3,(H,32,36)/t23?,26?,27-,28+,29?,30+/m0/s1. The quantitative estimate of drug-likeness (QED) is 0.370. The molecule has 0 aliphatic carbocycles. The van der Waals surface area contributed by atoms with Crippen molar-refractivity contribution in [3.8, 4) is 5.75 Å². The van der Waals surface area contributed by atoms with E-state index in [1.807, 2.05) is 30.3 Å². The Kier molecular flexibility index (Phi) is 10.3. The molecule has 3 heterocycles. The number of ether oxygens (including phenoxy) is 4. The Morgan fingerprint density at radius 3 is 2.53 bits per heavy atom. The number of benzene rings is 2. The van der Waals surface area contributed by atoms with E-state index in [4.69, 9.17) is 18.9 Å². The summed E-state index contributed by atoms with van der Waals surface area (Å²) in [5.74, 6) is 0.519. The van der Waals surface area contributed by atoms with Crippen molar-refractivity contribution in [3.63, 3.8) is 0 Å². The number of hydrogen-bond donors (Lipinski definition) is 2. The van der Waals surface area contributed by atoms with E-state index >= 15 is 0 Å². The molecule has 3 aliphatic rings. The largest absolute Gasteiger partial charge is 0.497 e. The molecule has 2 aromatic rings. The summed E-state index contributed by atoms with van der Waals surface area (Å²) in [5.41, 5.74) is 0.886. The van der Waals surface area contributed by atoms with Crippen LogP contribution in [0.25, 0.3) is 0 Å². The van der Waals surface area contributed by atoms with Crippen LogP contribution in [0.15, 0.2) is 59.5 Å². The summed E-state index contributed by atoms with van der Waals surface area (Å²) in [5, 5.41) is 14.5. The van der Waals surface area contributed by atoms with Crippen LogP contribution in [0.5, 0.6) is 5.75 Å². The Bertz CT molecular complexity index is 1310. The van der Waals surface area contributed by atoms with Crippen LogP contribution >= 0.6 is 0 Å².